The van der Waals surface area contributed by atoms with Crippen LogP contribution in [-0.4, -0.2) is 36.0 Å². The summed E-state index contributed by atoms with van der Waals surface area (Å²) in [7, 11) is 0. The first-order valence-corrected chi connectivity index (χ1v) is 4.88. The van der Waals surface area contributed by atoms with Crippen molar-refractivity contribution in [2.75, 3.05) is 13.2 Å². The summed E-state index contributed by atoms with van der Waals surface area (Å²) >= 11 is 0. The van der Waals surface area contributed by atoms with Crippen molar-refractivity contribution in [3.05, 3.63) is 0 Å². The van der Waals surface area contributed by atoms with Crippen LogP contribution in [0.3, 0.4) is 0 Å². The normalized spacial score (nSPS) is 12.1. The summed E-state index contributed by atoms with van der Waals surface area (Å²) in [5, 5.41) is 11.9. The highest BCUT2D eigenvalue weighted by atomic mass is 16.6. The predicted molar refractivity (Wildman–Crippen MR) is 57.1 cm³/mol. The van der Waals surface area contributed by atoms with E-state index in [4.69, 9.17) is 9.84 Å². The number of hydrogen-bond acceptors (Lipinski definition) is 5. The SMILES string of the molecule is CCOC(=O)C(C)(C)/C(C)=N/OCC(=O)O. The Bertz CT molecular complexity index is 296. The van der Waals surface area contributed by atoms with Crippen LogP contribution in [-0.2, 0) is 19.2 Å². The Morgan fingerprint density at radius 1 is 1.38 bits per heavy atom. The average Bonchev–Trinajstić information content (AvgIpc) is 2.17. The molecule has 92 valence electrons. The summed E-state index contributed by atoms with van der Waals surface area (Å²) in [5.74, 6) is -1.54. The Balaban J connectivity index is 4.49. The number of carbonyl (C=O) groups excluding carboxylic acids is 1. The van der Waals surface area contributed by atoms with Crippen LogP contribution >= 0.6 is 0 Å². The van der Waals surface area contributed by atoms with E-state index < -0.39 is 24.0 Å². The molecular weight excluding hydrogens is 214 g/mol. The van der Waals surface area contributed by atoms with E-state index in [9.17, 15) is 9.59 Å². The molecule has 0 amide bonds. The van der Waals surface area contributed by atoms with Gasteiger partial charge in [0.2, 0.25) is 6.61 Å². The smallest absolute Gasteiger partial charge is 0.344 e. The first kappa shape index (κ1) is 14.4. The van der Waals surface area contributed by atoms with Gasteiger partial charge in [-0.3, -0.25) is 4.79 Å². The zero-order valence-corrected chi connectivity index (χ0v) is 9.94. The molecule has 6 heteroatoms. The van der Waals surface area contributed by atoms with Crippen LogP contribution in [0.15, 0.2) is 5.16 Å². The van der Waals surface area contributed by atoms with Gasteiger partial charge in [-0.15, -0.1) is 0 Å². The molecule has 16 heavy (non-hydrogen) atoms. The number of oxime groups is 1. The number of hydrogen-bond donors (Lipinski definition) is 1. The molecule has 0 aromatic carbocycles. The molecule has 0 aliphatic rings. The molecule has 0 saturated heterocycles. The van der Waals surface area contributed by atoms with Crippen LogP contribution in [0, 0.1) is 5.41 Å². The molecule has 0 fully saturated rings. The van der Waals surface area contributed by atoms with Crippen molar-refractivity contribution in [2.24, 2.45) is 10.6 Å². The molecule has 0 bridgehead atoms. The minimum atomic E-state index is -1.12. The maximum atomic E-state index is 11.5. The first-order valence-electron chi connectivity index (χ1n) is 4.88. The largest absolute Gasteiger partial charge is 0.479 e. The van der Waals surface area contributed by atoms with Crippen LogP contribution in [0.4, 0.5) is 0 Å². The van der Waals surface area contributed by atoms with Crippen LogP contribution in [0.2, 0.25) is 0 Å². The molecule has 6 nitrogen and oxygen atoms in total. The zero-order valence-electron chi connectivity index (χ0n) is 9.94. The maximum Gasteiger partial charge on any atom is 0.344 e. The first-order chi connectivity index (χ1) is 7.32. The van der Waals surface area contributed by atoms with Crippen molar-refractivity contribution in [1.82, 2.24) is 0 Å². The molecule has 0 atom stereocenters. The summed E-state index contributed by atoms with van der Waals surface area (Å²) in [6.07, 6.45) is 0. The van der Waals surface area contributed by atoms with Crippen molar-refractivity contribution in [2.45, 2.75) is 27.7 Å². The molecular formula is C10H17NO5. The Morgan fingerprint density at radius 3 is 2.38 bits per heavy atom. The van der Waals surface area contributed by atoms with Gasteiger partial charge >= 0.3 is 11.9 Å². The highest BCUT2D eigenvalue weighted by Gasteiger charge is 2.33. The van der Waals surface area contributed by atoms with E-state index in [2.05, 4.69) is 9.99 Å². The van der Waals surface area contributed by atoms with Crippen molar-refractivity contribution in [3.8, 4) is 0 Å². The Hall–Kier alpha value is -1.59. The highest BCUT2D eigenvalue weighted by molar-refractivity contribution is 6.04. The average molecular weight is 231 g/mol. The second-order valence-corrected chi connectivity index (χ2v) is 3.69. The Kier molecular flexibility index (Phi) is 5.49. The third kappa shape index (κ3) is 4.29. The van der Waals surface area contributed by atoms with Crippen LogP contribution < -0.4 is 0 Å². The van der Waals surface area contributed by atoms with Crippen molar-refractivity contribution < 1.29 is 24.3 Å². The second kappa shape index (κ2) is 6.09. The van der Waals surface area contributed by atoms with Gasteiger partial charge in [0.25, 0.3) is 0 Å². The van der Waals surface area contributed by atoms with Gasteiger partial charge in [-0.2, -0.15) is 0 Å². The molecule has 0 radical (unpaired) electrons. The summed E-state index contributed by atoms with van der Waals surface area (Å²) in [6.45, 7) is 6.31. The fourth-order valence-electron chi connectivity index (χ4n) is 0.758. The van der Waals surface area contributed by atoms with Gasteiger partial charge < -0.3 is 14.7 Å². The maximum absolute atomic E-state index is 11.5. The number of rotatable bonds is 6. The number of carboxylic acids is 1. The monoisotopic (exact) mass is 231 g/mol. The topological polar surface area (TPSA) is 85.2 Å². The number of ether oxygens (including phenoxy) is 1. The van der Waals surface area contributed by atoms with Gasteiger partial charge in [0.05, 0.1) is 12.3 Å². The lowest BCUT2D eigenvalue weighted by Crippen LogP contribution is -2.33. The molecule has 0 heterocycles. The molecule has 0 rings (SSSR count). The van der Waals surface area contributed by atoms with Gasteiger partial charge in [-0.25, -0.2) is 4.79 Å². The molecule has 0 aromatic heterocycles. The Labute approximate surface area is 94.2 Å². The van der Waals surface area contributed by atoms with E-state index in [0.29, 0.717) is 5.71 Å². The van der Waals surface area contributed by atoms with Gasteiger partial charge in [0.1, 0.15) is 5.41 Å². The van der Waals surface area contributed by atoms with E-state index in [-0.39, 0.29) is 6.61 Å². The molecule has 0 aliphatic carbocycles. The summed E-state index contributed by atoms with van der Waals surface area (Å²) in [6, 6.07) is 0. The highest BCUT2D eigenvalue weighted by Crippen LogP contribution is 2.20. The van der Waals surface area contributed by atoms with Crippen LogP contribution in [0.25, 0.3) is 0 Å². The fourth-order valence-corrected chi connectivity index (χ4v) is 0.758. The molecule has 0 aliphatic heterocycles. The lowest BCUT2D eigenvalue weighted by Gasteiger charge is -2.21. The molecule has 0 saturated carbocycles. The minimum Gasteiger partial charge on any atom is -0.479 e. The number of aliphatic carboxylic acids is 1. The third-order valence-electron chi connectivity index (χ3n) is 2.08. The second-order valence-electron chi connectivity index (χ2n) is 3.69. The minimum absolute atomic E-state index is 0.283. The lowest BCUT2D eigenvalue weighted by atomic mass is 9.88. The molecule has 1 N–H and O–H groups in total. The number of esters is 1. The van der Waals surface area contributed by atoms with E-state index in [1.165, 1.54) is 0 Å². The molecule has 0 unspecified atom stereocenters. The fraction of sp³-hybridized carbons (Fsp3) is 0.700. The lowest BCUT2D eigenvalue weighted by molar-refractivity contribution is -0.149. The molecule has 0 spiro atoms. The van der Waals surface area contributed by atoms with E-state index >= 15 is 0 Å². The van der Waals surface area contributed by atoms with Gasteiger partial charge in [-0.05, 0) is 27.7 Å². The number of carboxylic acid groups (broad SMARTS) is 1. The van der Waals surface area contributed by atoms with Crippen LogP contribution in [0.5, 0.6) is 0 Å². The summed E-state index contributed by atoms with van der Waals surface area (Å²) < 4.78 is 4.86. The predicted octanol–water partition coefficient (Wildman–Crippen LogP) is 1.05. The van der Waals surface area contributed by atoms with E-state index in [1.807, 2.05) is 0 Å². The molecule has 0 aromatic rings. The number of carbonyl (C=O) groups is 2. The van der Waals surface area contributed by atoms with Gasteiger partial charge in [0.15, 0.2) is 0 Å². The Morgan fingerprint density at radius 2 is 1.94 bits per heavy atom. The van der Waals surface area contributed by atoms with E-state index in [1.54, 1.807) is 27.7 Å². The van der Waals surface area contributed by atoms with E-state index in [0.717, 1.165) is 0 Å². The summed E-state index contributed by atoms with van der Waals surface area (Å²) in [5.41, 5.74) is -0.554. The standard InChI is InChI=1S/C10H17NO5/c1-5-15-9(14)10(3,4)7(2)11-16-6-8(12)13/h5-6H2,1-4H3,(H,12,13)/b11-7+. The van der Waals surface area contributed by atoms with Gasteiger partial charge in [-0.1, -0.05) is 5.16 Å². The van der Waals surface area contributed by atoms with Gasteiger partial charge in [0, 0.05) is 0 Å². The summed E-state index contributed by atoms with van der Waals surface area (Å²) in [4.78, 5) is 26.3. The quantitative estimate of drug-likeness (QED) is 0.419. The number of nitrogens with zero attached hydrogens (tertiary/aromatic N) is 1. The zero-order chi connectivity index (χ0) is 12.8. The third-order valence-corrected chi connectivity index (χ3v) is 2.08. The van der Waals surface area contributed by atoms with Crippen molar-refractivity contribution in [3.63, 3.8) is 0 Å². The van der Waals surface area contributed by atoms with Crippen molar-refractivity contribution >= 4 is 17.7 Å². The van der Waals surface area contributed by atoms with Crippen molar-refractivity contribution in [1.29, 1.82) is 0 Å². The van der Waals surface area contributed by atoms with Crippen LogP contribution in [0.1, 0.15) is 27.7 Å².